The van der Waals surface area contributed by atoms with Crippen molar-refractivity contribution in [3.8, 4) is 5.88 Å². The Hall–Kier alpha value is -2.87. The van der Waals surface area contributed by atoms with Crippen LogP contribution in [-0.4, -0.2) is 40.1 Å². The van der Waals surface area contributed by atoms with Crippen molar-refractivity contribution in [2.75, 3.05) is 25.6 Å². The van der Waals surface area contributed by atoms with Crippen molar-refractivity contribution in [1.82, 2.24) is 14.5 Å². The van der Waals surface area contributed by atoms with Gasteiger partial charge in [0.1, 0.15) is 5.52 Å². The van der Waals surface area contributed by atoms with Gasteiger partial charge in [0.05, 0.1) is 18.7 Å². The van der Waals surface area contributed by atoms with Crippen LogP contribution in [0.3, 0.4) is 0 Å². The molecule has 0 bridgehead atoms. The SMILES string of the molecule is C=CC(C)=N/C=C(\C)Cn1c(=O)[nH]c2c(N)nc(OCC3CCOCC3)cc21. The molecule has 2 aromatic rings. The van der Waals surface area contributed by atoms with E-state index >= 15 is 0 Å². The Balaban J connectivity index is 1.84. The molecule has 28 heavy (non-hydrogen) atoms. The minimum Gasteiger partial charge on any atom is -0.477 e. The summed E-state index contributed by atoms with van der Waals surface area (Å²) in [5.41, 5.74) is 8.71. The highest BCUT2D eigenvalue weighted by atomic mass is 16.5. The largest absolute Gasteiger partial charge is 0.477 e. The van der Waals surface area contributed by atoms with Gasteiger partial charge in [-0.05, 0) is 44.3 Å². The zero-order valence-electron chi connectivity index (χ0n) is 16.4. The van der Waals surface area contributed by atoms with E-state index in [0.29, 0.717) is 36.0 Å². The van der Waals surface area contributed by atoms with E-state index in [9.17, 15) is 4.79 Å². The molecule has 150 valence electrons. The molecule has 0 unspecified atom stereocenters. The van der Waals surface area contributed by atoms with Gasteiger partial charge in [-0.2, -0.15) is 4.98 Å². The second-order valence-corrected chi connectivity index (χ2v) is 7.07. The Kier molecular flexibility index (Phi) is 6.30. The molecule has 3 heterocycles. The van der Waals surface area contributed by atoms with Crippen LogP contribution >= 0.6 is 0 Å². The van der Waals surface area contributed by atoms with E-state index in [1.165, 1.54) is 0 Å². The zero-order chi connectivity index (χ0) is 20.1. The van der Waals surface area contributed by atoms with Crippen LogP contribution in [-0.2, 0) is 11.3 Å². The monoisotopic (exact) mass is 385 g/mol. The minimum atomic E-state index is -0.248. The van der Waals surface area contributed by atoms with Crippen molar-refractivity contribution in [2.24, 2.45) is 10.9 Å². The predicted octanol–water partition coefficient (Wildman–Crippen LogP) is 2.66. The number of nitrogens with zero attached hydrogens (tertiary/aromatic N) is 3. The third kappa shape index (κ3) is 4.69. The van der Waals surface area contributed by atoms with Gasteiger partial charge in [0.2, 0.25) is 5.88 Å². The maximum atomic E-state index is 12.4. The van der Waals surface area contributed by atoms with Crippen molar-refractivity contribution < 1.29 is 9.47 Å². The summed E-state index contributed by atoms with van der Waals surface area (Å²) in [6.45, 7) is 9.93. The van der Waals surface area contributed by atoms with Gasteiger partial charge in [0.25, 0.3) is 0 Å². The van der Waals surface area contributed by atoms with Crippen LogP contribution in [0.15, 0.2) is 40.3 Å². The predicted molar refractivity (Wildman–Crippen MR) is 111 cm³/mol. The van der Waals surface area contributed by atoms with Gasteiger partial charge in [-0.25, -0.2) is 4.79 Å². The van der Waals surface area contributed by atoms with Gasteiger partial charge >= 0.3 is 5.69 Å². The lowest BCUT2D eigenvalue weighted by atomic mass is 10.0. The molecule has 0 saturated carbocycles. The fourth-order valence-electron chi connectivity index (χ4n) is 3.05. The minimum absolute atomic E-state index is 0.248. The Morgan fingerprint density at radius 1 is 1.50 bits per heavy atom. The summed E-state index contributed by atoms with van der Waals surface area (Å²) in [5, 5.41) is 0. The highest BCUT2D eigenvalue weighted by Gasteiger charge is 2.17. The van der Waals surface area contributed by atoms with Crippen molar-refractivity contribution >= 4 is 22.6 Å². The maximum Gasteiger partial charge on any atom is 0.326 e. The summed E-state index contributed by atoms with van der Waals surface area (Å²) in [6, 6.07) is 1.76. The number of allylic oxidation sites excluding steroid dienone is 2. The molecule has 1 fully saturated rings. The number of nitrogens with one attached hydrogen (secondary N) is 1. The highest BCUT2D eigenvalue weighted by molar-refractivity contribution is 5.92. The van der Waals surface area contributed by atoms with Gasteiger partial charge in [-0.3, -0.25) is 9.56 Å². The molecular weight excluding hydrogens is 358 g/mol. The molecule has 1 aliphatic heterocycles. The first-order valence-electron chi connectivity index (χ1n) is 9.40. The Bertz CT molecular complexity index is 964. The normalized spacial score (nSPS) is 16.5. The van der Waals surface area contributed by atoms with E-state index in [4.69, 9.17) is 15.2 Å². The van der Waals surface area contributed by atoms with Gasteiger partial charge in [-0.1, -0.05) is 6.58 Å². The molecule has 8 nitrogen and oxygen atoms in total. The zero-order valence-corrected chi connectivity index (χ0v) is 16.4. The van der Waals surface area contributed by atoms with Crippen molar-refractivity contribution in [3.05, 3.63) is 41.0 Å². The van der Waals surface area contributed by atoms with Crippen LogP contribution in [0, 0.1) is 5.92 Å². The lowest BCUT2D eigenvalue weighted by molar-refractivity contribution is 0.0491. The Morgan fingerprint density at radius 3 is 2.96 bits per heavy atom. The van der Waals surface area contributed by atoms with Crippen LogP contribution in [0.4, 0.5) is 5.82 Å². The van der Waals surface area contributed by atoms with Gasteiger partial charge in [-0.15, -0.1) is 0 Å². The van der Waals surface area contributed by atoms with Crippen molar-refractivity contribution in [3.63, 3.8) is 0 Å². The topological polar surface area (TPSA) is 108 Å². The molecular formula is C20H27N5O3. The van der Waals surface area contributed by atoms with Crippen LogP contribution in [0.2, 0.25) is 0 Å². The smallest absolute Gasteiger partial charge is 0.326 e. The average Bonchev–Trinajstić information content (AvgIpc) is 3.01. The molecule has 0 aromatic carbocycles. The quantitative estimate of drug-likeness (QED) is 0.713. The van der Waals surface area contributed by atoms with Gasteiger partial charge in [0, 0.05) is 31.2 Å². The van der Waals surface area contributed by atoms with E-state index in [-0.39, 0.29) is 11.5 Å². The van der Waals surface area contributed by atoms with E-state index in [1.54, 1.807) is 22.9 Å². The number of pyridine rings is 1. The molecule has 0 aliphatic carbocycles. The van der Waals surface area contributed by atoms with E-state index in [0.717, 1.165) is 37.3 Å². The van der Waals surface area contributed by atoms with Crippen LogP contribution < -0.4 is 16.2 Å². The molecule has 1 saturated heterocycles. The van der Waals surface area contributed by atoms with E-state index in [1.807, 2.05) is 13.8 Å². The van der Waals surface area contributed by atoms with Gasteiger partial charge in [0.15, 0.2) is 5.82 Å². The number of nitrogens with two attached hydrogens (primary N) is 1. The molecule has 3 rings (SSSR count). The Labute approximate surface area is 163 Å². The molecule has 0 radical (unpaired) electrons. The second-order valence-electron chi connectivity index (χ2n) is 7.07. The number of aromatic amines is 1. The van der Waals surface area contributed by atoms with Crippen molar-refractivity contribution in [1.29, 1.82) is 0 Å². The third-order valence-electron chi connectivity index (χ3n) is 4.77. The first-order chi connectivity index (χ1) is 13.5. The summed E-state index contributed by atoms with van der Waals surface area (Å²) in [4.78, 5) is 23.8. The molecule has 2 aromatic heterocycles. The maximum absolute atomic E-state index is 12.4. The number of anilines is 1. The number of aliphatic imine (C=N–C) groups is 1. The molecule has 8 heteroatoms. The van der Waals surface area contributed by atoms with Crippen LogP contribution in [0.5, 0.6) is 5.88 Å². The summed E-state index contributed by atoms with van der Waals surface area (Å²) in [6.07, 6.45) is 5.36. The molecule has 0 spiro atoms. The van der Waals surface area contributed by atoms with Gasteiger partial charge < -0.3 is 20.2 Å². The summed E-state index contributed by atoms with van der Waals surface area (Å²) in [5.74, 6) is 1.11. The summed E-state index contributed by atoms with van der Waals surface area (Å²) in [7, 11) is 0. The summed E-state index contributed by atoms with van der Waals surface area (Å²) < 4.78 is 12.9. The summed E-state index contributed by atoms with van der Waals surface area (Å²) >= 11 is 0. The number of rotatable bonds is 7. The number of hydrogen-bond acceptors (Lipinski definition) is 6. The number of ether oxygens (including phenoxy) is 2. The number of fused-ring (bicyclic) bond motifs is 1. The highest BCUT2D eigenvalue weighted by Crippen LogP contribution is 2.23. The van der Waals surface area contributed by atoms with Crippen molar-refractivity contribution in [2.45, 2.75) is 33.2 Å². The number of H-pyrrole nitrogens is 1. The average molecular weight is 385 g/mol. The number of imidazole rings is 1. The number of nitrogen functional groups attached to an aromatic ring is 1. The lowest BCUT2D eigenvalue weighted by Crippen LogP contribution is -2.21. The lowest BCUT2D eigenvalue weighted by Gasteiger charge is -2.21. The fraction of sp³-hybridized carbons (Fsp3) is 0.450. The standard InChI is InChI=1S/C20H27N5O3/c1-4-14(3)22-10-13(2)11-25-16-9-17(23-19(21)18(16)24-20(25)26)28-12-15-5-7-27-8-6-15/h4,9-10,15H,1,5-8,11-12H2,2-3H3,(H2,21,23)(H,24,26)/b13-10+,22-14?. The van der Waals surface area contributed by atoms with E-state index < -0.39 is 0 Å². The Morgan fingerprint density at radius 2 is 2.25 bits per heavy atom. The second kappa shape index (κ2) is 8.88. The molecule has 0 amide bonds. The third-order valence-corrected chi connectivity index (χ3v) is 4.77. The molecule has 3 N–H and O–H groups in total. The fourth-order valence-corrected chi connectivity index (χ4v) is 3.05. The molecule has 1 aliphatic rings. The molecule has 0 atom stereocenters. The number of aromatic nitrogens is 3. The first-order valence-corrected chi connectivity index (χ1v) is 9.40. The van der Waals surface area contributed by atoms with Crippen LogP contribution in [0.1, 0.15) is 26.7 Å². The first kappa shape index (κ1) is 19.9. The number of hydrogen-bond donors (Lipinski definition) is 2. The van der Waals surface area contributed by atoms with Crippen LogP contribution in [0.25, 0.3) is 11.0 Å². The van der Waals surface area contributed by atoms with E-state index in [2.05, 4.69) is 21.5 Å².